The largest absolute Gasteiger partial charge is 0.245 e. The number of sulfonamides is 1. The van der Waals surface area contributed by atoms with Gasteiger partial charge in [-0.1, -0.05) is 32.4 Å². The van der Waals surface area contributed by atoms with Crippen LogP contribution in [-0.2, 0) is 10.0 Å². The number of aromatic nitrogens is 2. The van der Waals surface area contributed by atoms with Crippen molar-refractivity contribution >= 4 is 32.7 Å². The van der Waals surface area contributed by atoms with Gasteiger partial charge in [0.05, 0.1) is 5.02 Å². The van der Waals surface area contributed by atoms with Crippen LogP contribution in [-0.4, -0.2) is 35.6 Å². The summed E-state index contributed by atoms with van der Waals surface area (Å²) in [4.78, 5) is 0.122. The predicted octanol–water partition coefficient (Wildman–Crippen LogP) is 3.47. The molecular weight excluding hydrogens is 350 g/mol. The highest BCUT2D eigenvalue weighted by Crippen LogP contribution is 2.53. The van der Waals surface area contributed by atoms with E-state index in [-0.39, 0.29) is 32.8 Å². The molecule has 0 radical (unpaired) electrons. The van der Waals surface area contributed by atoms with Gasteiger partial charge >= 0.3 is 0 Å². The van der Waals surface area contributed by atoms with Crippen molar-refractivity contribution < 1.29 is 13.0 Å². The fraction of sp³-hybridized carbons (Fsp3) is 0.625. The van der Waals surface area contributed by atoms with Crippen LogP contribution in [0.5, 0.6) is 0 Å². The van der Waals surface area contributed by atoms with Crippen LogP contribution < -0.4 is 0 Å². The maximum Gasteiger partial charge on any atom is 0.245 e. The van der Waals surface area contributed by atoms with Crippen LogP contribution >= 0.6 is 11.6 Å². The zero-order valence-electron chi connectivity index (χ0n) is 13.9. The Balaban J connectivity index is 1.81. The first kappa shape index (κ1) is 16.3. The number of benzene rings is 1. The molecule has 2 bridgehead atoms. The second kappa shape index (κ2) is 4.93. The smallest absolute Gasteiger partial charge is 0.243 e. The predicted molar refractivity (Wildman–Crippen MR) is 90.2 cm³/mol. The highest BCUT2D eigenvalue weighted by Gasteiger charge is 2.53. The molecule has 0 N–H and O–H groups in total. The van der Waals surface area contributed by atoms with Crippen LogP contribution in [0, 0.1) is 10.8 Å². The summed E-state index contributed by atoms with van der Waals surface area (Å²) in [6, 6.07) is 3.06. The van der Waals surface area contributed by atoms with E-state index in [2.05, 4.69) is 31.1 Å². The van der Waals surface area contributed by atoms with E-state index >= 15 is 0 Å². The molecule has 1 saturated carbocycles. The molecule has 2 fully saturated rings. The van der Waals surface area contributed by atoms with E-state index in [4.69, 9.17) is 16.2 Å². The van der Waals surface area contributed by atoms with E-state index in [0.717, 1.165) is 19.3 Å². The average molecular weight is 370 g/mol. The lowest BCUT2D eigenvalue weighted by Crippen LogP contribution is -2.37. The molecule has 1 aliphatic carbocycles. The van der Waals surface area contributed by atoms with Gasteiger partial charge in [0.15, 0.2) is 11.0 Å². The molecule has 1 aromatic carbocycles. The van der Waals surface area contributed by atoms with Crippen molar-refractivity contribution in [3.05, 3.63) is 17.2 Å². The molecule has 2 aliphatic rings. The Morgan fingerprint density at radius 1 is 1.21 bits per heavy atom. The molecule has 24 heavy (non-hydrogen) atoms. The van der Waals surface area contributed by atoms with Gasteiger partial charge < -0.3 is 0 Å². The zero-order valence-corrected chi connectivity index (χ0v) is 15.5. The van der Waals surface area contributed by atoms with Crippen molar-refractivity contribution in [1.82, 2.24) is 14.6 Å². The molecule has 8 heteroatoms. The fourth-order valence-electron chi connectivity index (χ4n) is 4.84. The summed E-state index contributed by atoms with van der Waals surface area (Å²) < 4.78 is 33.0. The molecule has 0 amide bonds. The van der Waals surface area contributed by atoms with Crippen molar-refractivity contribution in [2.24, 2.45) is 10.8 Å². The Labute approximate surface area is 146 Å². The topological polar surface area (TPSA) is 76.3 Å². The van der Waals surface area contributed by atoms with Gasteiger partial charge in [-0.15, -0.1) is 0 Å². The molecule has 0 spiro atoms. The zero-order chi connectivity index (χ0) is 17.3. The minimum absolute atomic E-state index is 0.0209. The summed E-state index contributed by atoms with van der Waals surface area (Å²) in [6.07, 6.45) is 2.81. The number of hydrogen-bond acceptors (Lipinski definition) is 5. The van der Waals surface area contributed by atoms with Gasteiger partial charge in [-0.25, -0.2) is 13.0 Å². The molecule has 2 unspecified atom stereocenters. The minimum Gasteiger partial charge on any atom is -0.243 e. The Hall–Kier alpha value is -1.18. The average Bonchev–Trinajstić information content (AvgIpc) is 3.01. The molecule has 2 aromatic rings. The van der Waals surface area contributed by atoms with Crippen LogP contribution in [0.4, 0.5) is 0 Å². The summed E-state index contributed by atoms with van der Waals surface area (Å²) in [6.45, 7) is 7.16. The summed E-state index contributed by atoms with van der Waals surface area (Å²) in [5, 5.41) is 7.83. The first-order chi connectivity index (χ1) is 11.1. The van der Waals surface area contributed by atoms with Gasteiger partial charge in [-0.3, -0.25) is 0 Å². The fourth-order valence-corrected chi connectivity index (χ4v) is 6.92. The second-order valence-electron chi connectivity index (χ2n) is 8.27. The lowest BCUT2D eigenvalue weighted by Gasteiger charge is -2.39. The summed E-state index contributed by atoms with van der Waals surface area (Å²) >= 11 is 6.06. The van der Waals surface area contributed by atoms with Gasteiger partial charge in [0, 0.05) is 12.6 Å². The van der Waals surface area contributed by atoms with Crippen LogP contribution in [0.25, 0.3) is 11.0 Å². The van der Waals surface area contributed by atoms with Gasteiger partial charge in [-0.05, 0) is 52.5 Å². The Morgan fingerprint density at radius 3 is 2.67 bits per heavy atom. The number of rotatable bonds is 2. The maximum absolute atomic E-state index is 13.3. The van der Waals surface area contributed by atoms with Crippen LogP contribution in [0.3, 0.4) is 0 Å². The van der Waals surface area contributed by atoms with E-state index in [1.165, 1.54) is 12.1 Å². The lowest BCUT2D eigenvalue weighted by molar-refractivity contribution is 0.133. The molecule has 1 aliphatic heterocycles. The second-order valence-corrected chi connectivity index (χ2v) is 10.5. The summed E-state index contributed by atoms with van der Waals surface area (Å²) in [5.74, 6) is 0. The molecule has 1 aromatic heterocycles. The van der Waals surface area contributed by atoms with Crippen molar-refractivity contribution in [2.75, 3.05) is 6.54 Å². The van der Waals surface area contributed by atoms with Crippen molar-refractivity contribution in [3.63, 3.8) is 0 Å². The van der Waals surface area contributed by atoms with Gasteiger partial charge in [0.25, 0.3) is 0 Å². The van der Waals surface area contributed by atoms with Crippen molar-refractivity contribution in [1.29, 1.82) is 0 Å². The number of fused-ring (bicyclic) bond motifs is 3. The van der Waals surface area contributed by atoms with Crippen LogP contribution in [0.15, 0.2) is 21.7 Å². The van der Waals surface area contributed by atoms with Crippen LogP contribution in [0.1, 0.15) is 40.0 Å². The highest BCUT2D eigenvalue weighted by atomic mass is 35.5. The van der Waals surface area contributed by atoms with E-state index in [0.29, 0.717) is 11.6 Å². The molecular formula is C16H20ClN3O3S. The van der Waals surface area contributed by atoms with Gasteiger partial charge in [0.1, 0.15) is 4.90 Å². The van der Waals surface area contributed by atoms with E-state index in [9.17, 15) is 8.42 Å². The maximum atomic E-state index is 13.3. The third kappa shape index (κ3) is 2.36. The molecule has 6 nitrogen and oxygen atoms in total. The number of halogens is 1. The minimum atomic E-state index is -3.68. The normalized spacial score (nSPS) is 30.1. The number of hydrogen-bond donors (Lipinski definition) is 0. The van der Waals surface area contributed by atoms with Gasteiger partial charge in [0.2, 0.25) is 10.0 Å². The Morgan fingerprint density at radius 2 is 1.92 bits per heavy atom. The molecule has 2 heterocycles. The first-order valence-corrected chi connectivity index (χ1v) is 9.86. The third-order valence-corrected chi connectivity index (χ3v) is 7.52. The Bertz CT molecular complexity index is 924. The summed E-state index contributed by atoms with van der Waals surface area (Å²) in [5.41, 5.74) is 0.652. The number of nitrogens with zero attached hydrogens (tertiary/aromatic N) is 3. The van der Waals surface area contributed by atoms with Gasteiger partial charge in [-0.2, -0.15) is 4.31 Å². The Kier molecular flexibility index (Phi) is 3.34. The lowest BCUT2D eigenvalue weighted by atomic mass is 9.65. The monoisotopic (exact) mass is 369 g/mol. The van der Waals surface area contributed by atoms with E-state index in [1.54, 1.807) is 4.31 Å². The molecule has 2 atom stereocenters. The van der Waals surface area contributed by atoms with Crippen molar-refractivity contribution in [2.45, 2.75) is 51.0 Å². The van der Waals surface area contributed by atoms with E-state index < -0.39 is 10.0 Å². The van der Waals surface area contributed by atoms with Crippen molar-refractivity contribution in [3.8, 4) is 0 Å². The SMILES string of the molecule is CC1(C)CC2CC(C)(CN2S(=O)(=O)c2ccc(Cl)c3nonc23)C1. The van der Waals surface area contributed by atoms with E-state index in [1.807, 2.05) is 0 Å². The van der Waals surface area contributed by atoms with Crippen LogP contribution in [0.2, 0.25) is 5.02 Å². The molecule has 1 saturated heterocycles. The summed E-state index contributed by atoms with van der Waals surface area (Å²) in [7, 11) is -3.68. The highest BCUT2D eigenvalue weighted by molar-refractivity contribution is 7.89. The molecule has 4 rings (SSSR count). The molecule has 130 valence electrons. The standard InChI is InChI=1S/C16H20ClN3O3S/c1-15(2)6-10-7-16(3,8-15)9-20(10)24(21,22)12-5-4-11(17)13-14(12)19-23-18-13/h4-5,10H,6-9H2,1-3H3. The quantitative estimate of drug-likeness (QED) is 0.810. The first-order valence-electron chi connectivity index (χ1n) is 8.04. The third-order valence-electron chi connectivity index (χ3n) is 5.28.